The van der Waals surface area contributed by atoms with E-state index in [1.807, 2.05) is 10.9 Å². The highest BCUT2D eigenvalue weighted by atomic mass is 79.9. The van der Waals surface area contributed by atoms with Gasteiger partial charge >= 0.3 is 0 Å². The van der Waals surface area contributed by atoms with Crippen LogP contribution in [0.3, 0.4) is 0 Å². The summed E-state index contributed by atoms with van der Waals surface area (Å²) in [5.41, 5.74) is 1.65. The lowest BCUT2D eigenvalue weighted by molar-refractivity contribution is -0.0366. The Balaban J connectivity index is 1.84. The lowest BCUT2D eigenvalue weighted by atomic mass is 10.1. The molecule has 0 amide bonds. The van der Waals surface area contributed by atoms with Crippen molar-refractivity contribution in [3.05, 3.63) is 28.1 Å². The van der Waals surface area contributed by atoms with Crippen LogP contribution in [0.2, 0.25) is 0 Å². The summed E-state index contributed by atoms with van der Waals surface area (Å²) in [5.74, 6) is 0.257. The Labute approximate surface area is 125 Å². The standard InChI is InChI=1S/C15H16BrFN2O/c16-15-10-8-18-19(13-3-1-2-6-20-13)12(10)7-11(17)14(15)9-4-5-9/h7-9,13H,1-6H2. The van der Waals surface area contributed by atoms with Gasteiger partial charge in [-0.3, -0.25) is 0 Å². The second-order valence-electron chi connectivity index (χ2n) is 5.70. The molecule has 2 heterocycles. The topological polar surface area (TPSA) is 27.1 Å². The van der Waals surface area contributed by atoms with Gasteiger partial charge < -0.3 is 4.74 Å². The molecular formula is C15H16BrFN2O. The number of hydrogen-bond acceptors (Lipinski definition) is 2. The number of rotatable bonds is 2. The summed E-state index contributed by atoms with van der Waals surface area (Å²) < 4.78 is 22.9. The third kappa shape index (κ3) is 1.99. The predicted octanol–water partition coefficient (Wildman–Crippen LogP) is 4.51. The molecule has 106 valence electrons. The monoisotopic (exact) mass is 338 g/mol. The van der Waals surface area contributed by atoms with Crippen molar-refractivity contribution in [3.8, 4) is 0 Å². The number of ether oxygens (including phenoxy) is 1. The van der Waals surface area contributed by atoms with Crippen molar-refractivity contribution in [3.63, 3.8) is 0 Å². The van der Waals surface area contributed by atoms with E-state index in [1.54, 1.807) is 6.07 Å². The number of aromatic nitrogens is 2. The average molecular weight is 339 g/mol. The maximum absolute atomic E-state index is 14.4. The van der Waals surface area contributed by atoms with Crippen LogP contribution in [0.25, 0.3) is 10.9 Å². The van der Waals surface area contributed by atoms with Gasteiger partial charge in [0, 0.05) is 28.1 Å². The second-order valence-corrected chi connectivity index (χ2v) is 6.50. The largest absolute Gasteiger partial charge is 0.356 e. The van der Waals surface area contributed by atoms with Crippen LogP contribution in [0.4, 0.5) is 4.39 Å². The van der Waals surface area contributed by atoms with E-state index in [0.717, 1.165) is 59.7 Å². The van der Waals surface area contributed by atoms with E-state index < -0.39 is 0 Å². The Morgan fingerprint density at radius 1 is 1.30 bits per heavy atom. The van der Waals surface area contributed by atoms with Gasteiger partial charge in [-0.1, -0.05) is 0 Å². The molecule has 1 aromatic heterocycles. The van der Waals surface area contributed by atoms with Crippen LogP contribution in [-0.2, 0) is 4.74 Å². The van der Waals surface area contributed by atoms with Gasteiger partial charge in [0.2, 0.25) is 0 Å². The van der Waals surface area contributed by atoms with Crippen LogP contribution in [0, 0.1) is 5.82 Å². The van der Waals surface area contributed by atoms with E-state index in [0.29, 0.717) is 5.92 Å². The lowest BCUT2D eigenvalue weighted by Crippen LogP contribution is -2.19. The Bertz CT molecular complexity index is 659. The predicted molar refractivity (Wildman–Crippen MR) is 78.2 cm³/mol. The molecule has 5 heteroatoms. The summed E-state index contributed by atoms with van der Waals surface area (Å²) in [7, 11) is 0. The van der Waals surface area contributed by atoms with E-state index in [9.17, 15) is 4.39 Å². The molecule has 2 aromatic rings. The summed E-state index contributed by atoms with van der Waals surface area (Å²) in [6.07, 6.45) is 7.11. The minimum Gasteiger partial charge on any atom is -0.356 e. The zero-order valence-corrected chi connectivity index (χ0v) is 12.7. The number of nitrogens with zero attached hydrogens (tertiary/aromatic N) is 2. The van der Waals surface area contributed by atoms with Crippen molar-refractivity contribution >= 4 is 26.8 Å². The van der Waals surface area contributed by atoms with Crippen molar-refractivity contribution in [1.82, 2.24) is 9.78 Å². The van der Waals surface area contributed by atoms with E-state index in [-0.39, 0.29) is 12.0 Å². The van der Waals surface area contributed by atoms with Crippen molar-refractivity contribution in [2.24, 2.45) is 0 Å². The fraction of sp³-hybridized carbons (Fsp3) is 0.533. The van der Waals surface area contributed by atoms with Crippen LogP contribution < -0.4 is 0 Å². The van der Waals surface area contributed by atoms with Gasteiger partial charge in [0.05, 0.1) is 11.7 Å². The summed E-state index contributed by atoms with van der Waals surface area (Å²) in [6, 6.07) is 1.62. The quantitative estimate of drug-likeness (QED) is 0.805. The molecule has 1 aromatic carbocycles. The molecule has 0 N–H and O–H groups in total. The summed E-state index contributed by atoms with van der Waals surface area (Å²) in [5, 5.41) is 5.43. The fourth-order valence-corrected chi connectivity index (χ4v) is 3.84. The van der Waals surface area contributed by atoms with E-state index in [2.05, 4.69) is 21.0 Å². The van der Waals surface area contributed by atoms with Crippen molar-refractivity contribution in [1.29, 1.82) is 0 Å². The highest BCUT2D eigenvalue weighted by molar-refractivity contribution is 9.10. The molecule has 0 bridgehead atoms. The van der Waals surface area contributed by atoms with Crippen molar-refractivity contribution in [2.75, 3.05) is 6.61 Å². The maximum Gasteiger partial charge on any atom is 0.150 e. The number of hydrogen-bond donors (Lipinski definition) is 0. The second kappa shape index (κ2) is 4.81. The number of halogens is 2. The van der Waals surface area contributed by atoms with E-state index in [4.69, 9.17) is 4.74 Å². The molecule has 1 unspecified atom stereocenters. The highest BCUT2D eigenvalue weighted by Crippen LogP contribution is 2.47. The van der Waals surface area contributed by atoms with Gasteiger partial charge in [-0.15, -0.1) is 0 Å². The van der Waals surface area contributed by atoms with Crippen LogP contribution in [-0.4, -0.2) is 16.4 Å². The Kier molecular flexibility index (Phi) is 3.07. The Morgan fingerprint density at radius 3 is 2.85 bits per heavy atom. The molecule has 20 heavy (non-hydrogen) atoms. The molecule has 1 aliphatic heterocycles. The SMILES string of the molecule is Fc1cc2c(cnn2C2CCCCO2)c(Br)c1C1CC1. The smallest absolute Gasteiger partial charge is 0.150 e. The third-order valence-corrected chi connectivity index (χ3v) is 5.10. The zero-order valence-electron chi connectivity index (χ0n) is 11.1. The van der Waals surface area contributed by atoms with Gasteiger partial charge in [0.25, 0.3) is 0 Å². The first-order chi connectivity index (χ1) is 9.75. The molecular weight excluding hydrogens is 323 g/mol. The molecule has 2 aliphatic rings. The highest BCUT2D eigenvalue weighted by Gasteiger charge is 2.31. The van der Waals surface area contributed by atoms with Crippen molar-refractivity contribution < 1.29 is 9.13 Å². The minimum absolute atomic E-state index is 0.0562. The molecule has 1 aliphatic carbocycles. The maximum atomic E-state index is 14.4. The molecule has 1 saturated heterocycles. The first-order valence-electron chi connectivity index (χ1n) is 7.22. The molecule has 4 rings (SSSR count). The summed E-state index contributed by atoms with van der Waals surface area (Å²) >= 11 is 3.58. The van der Waals surface area contributed by atoms with Crippen LogP contribution in [0.5, 0.6) is 0 Å². The first-order valence-corrected chi connectivity index (χ1v) is 8.01. The van der Waals surface area contributed by atoms with E-state index >= 15 is 0 Å². The zero-order chi connectivity index (χ0) is 13.7. The first kappa shape index (κ1) is 12.8. The van der Waals surface area contributed by atoms with Gasteiger partial charge in [-0.25, -0.2) is 9.07 Å². The van der Waals surface area contributed by atoms with E-state index in [1.165, 1.54) is 0 Å². The summed E-state index contributed by atoms with van der Waals surface area (Å²) in [6.45, 7) is 0.760. The van der Waals surface area contributed by atoms with Gasteiger partial charge in [0.15, 0.2) is 6.23 Å². The van der Waals surface area contributed by atoms with Crippen LogP contribution in [0.15, 0.2) is 16.7 Å². The normalized spacial score (nSPS) is 23.4. The molecule has 1 saturated carbocycles. The molecule has 0 spiro atoms. The summed E-state index contributed by atoms with van der Waals surface area (Å²) in [4.78, 5) is 0. The number of fused-ring (bicyclic) bond motifs is 1. The number of benzene rings is 1. The lowest BCUT2D eigenvalue weighted by Gasteiger charge is -2.23. The van der Waals surface area contributed by atoms with Gasteiger partial charge in [-0.05, 0) is 54.0 Å². The Morgan fingerprint density at radius 2 is 2.15 bits per heavy atom. The van der Waals surface area contributed by atoms with Gasteiger partial charge in [0.1, 0.15) is 5.82 Å². The average Bonchev–Trinajstić information content (AvgIpc) is 3.19. The molecule has 3 nitrogen and oxygen atoms in total. The van der Waals surface area contributed by atoms with Crippen LogP contribution in [0.1, 0.15) is 49.8 Å². The Hall–Kier alpha value is -0.940. The minimum atomic E-state index is -0.121. The van der Waals surface area contributed by atoms with Gasteiger partial charge in [-0.2, -0.15) is 5.10 Å². The van der Waals surface area contributed by atoms with Crippen LogP contribution >= 0.6 is 15.9 Å². The van der Waals surface area contributed by atoms with Crippen molar-refractivity contribution in [2.45, 2.75) is 44.2 Å². The molecule has 2 fully saturated rings. The fourth-order valence-electron chi connectivity index (χ4n) is 3.02. The molecule has 1 atom stereocenters. The molecule has 0 radical (unpaired) electrons. The third-order valence-electron chi connectivity index (χ3n) is 4.24.